The van der Waals surface area contributed by atoms with Gasteiger partial charge in [0.25, 0.3) is 0 Å². The molecule has 0 saturated carbocycles. The van der Waals surface area contributed by atoms with Gasteiger partial charge in [-0.3, -0.25) is 14.5 Å². The molecule has 1 aliphatic rings. The average Bonchev–Trinajstić information content (AvgIpc) is 2.99. The number of ether oxygens (including phenoxy) is 1. The Balaban J connectivity index is 1.97. The number of Topliss-reactive ketones (excluding diaryl/α,β-unsaturated/α-hetero) is 1. The van der Waals surface area contributed by atoms with Gasteiger partial charge in [0.05, 0.1) is 13.0 Å². The molecule has 0 unspecified atom stereocenters. The summed E-state index contributed by atoms with van der Waals surface area (Å²) in [6, 6.07) is 7.72. The van der Waals surface area contributed by atoms with Gasteiger partial charge >= 0.3 is 5.97 Å². The van der Waals surface area contributed by atoms with E-state index in [9.17, 15) is 9.59 Å². The molecule has 114 valence electrons. The topological polar surface area (TPSA) is 46.6 Å². The number of benzene rings is 1. The summed E-state index contributed by atoms with van der Waals surface area (Å²) in [7, 11) is 0. The number of hydrogen-bond acceptors (Lipinski definition) is 4. The van der Waals surface area contributed by atoms with E-state index in [1.54, 1.807) is 6.92 Å². The first kappa shape index (κ1) is 15.7. The Morgan fingerprint density at radius 2 is 1.86 bits per heavy atom. The fourth-order valence-corrected chi connectivity index (χ4v) is 2.70. The minimum absolute atomic E-state index is 0.0258. The number of esters is 1. The number of ketones is 1. The van der Waals surface area contributed by atoms with Crippen molar-refractivity contribution in [3.63, 3.8) is 0 Å². The van der Waals surface area contributed by atoms with Crippen LogP contribution in [0.5, 0.6) is 0 Å². The number of likely N-dealkylation sites (tertiary alicyclic amines) is 1. The molecule has 0 radical (unpaired) electrons. The van der Waals surface area contributed by atoms with E-state index in [1.807, 2.05) is 24.3 Å². The summed E-state index contributed by atoms with van der Waals surface area (Å²) in [6.07, 6.45) is 2.85. The van der Waals surface area contributed by atoms with Crippen molar-refractivity contribution in [1.82, 2.24) is 4.90 Å². The van der Waals surface area contributed by atoms with Crippen molar-refractivity contribution >= 4 is 11.8 Å². The Morgan fingerprint density at radius 1 is 1.14 bits per heavy atom. The van der Waals surface area contributed by atoms with Gasteiger partial charge in [0.15, 0.2) is 5.78 Å². The van der Waals surface area contributed by atoms with Crippen molar-refractivity contribution < 1.29 is 14.3 Å². The normalized spacial score (nSPS) is 15.1. The maximum atomic E-state index is 12.3. The van der Waals surface area contributed by atoms with E-state index >= 15 is 0 Å². The molecule has 2 rings (SSSR count). The molecule has 0 amide bonds. The summed E-state index contributed by atoms with van der Waals surface area (Å²) in [5, 5.41) is 0. The van der Waals surface area contributed by atoms with Gasteiger partial charge in [-0.15, -0.1) is 0 Å². The van der Waals surface area contributed by atoms with Gasteiger partial charge < -0.3 is 4.74 Å². The monoisotopic (exact) mass is 289 g/mol. The van der Waals surface area contributed by atoms with E-state index in [-0.39, 0.29) is 24.6 Å². The summed E-state index contributed by atoms with van der Waals surface area (Å²) < 4.78 is 4.87. The molecule has 1 aromatic carbocycles. The Morgan fingerprint density at radius 3 is 2.57 bits per heavy atom. The van der Waals surface area contributed by atoms with Crippen LogP contribution in [0.3, 0.4) is 0 Å². The highest BCUT2D eigenvalue weighted by Gasteiger charge is 2.17. The number of carbonyl (C=O) groups excluding carboxylic acids is 2. The van der Waals surface area contributed by atoms with Crippen LogP contribution in [0.4, 0.5) is 0 Å². The second-order valence-electron chi connectivity index (χ2n) is 5.37. The summed E-state index contributed by atoms with van der Waals surface area (Å²) >= 11 is 0. The van der Waals surface area contributed by atoms with Gasteiger partial charge in [0, 0.05) is 18.5 Å². The predicted molar refractivity (Wildman–Crippen MR) is 81.2 cm³/mol. The van der Waals surface area contributed by atoms with Gasteiger partial charge in [-0.1, -0.05) is 24.3 Å². The summed E-state index contributed by atoms with van der Waals surface area (Å²) in [4.78, 5) is 26.1. The van der Waals surface area contributed by atoms with Crippen LogP contribution in [0.25, 0.3) is 0 Å². The molecule has 1 aliphatic heterocycles. The minimum atomic E-state index is -0.303. The molecule has 0 N–H and O–H groups in total. The lowest BCUT2D eigenvalue weighted by Crippen LogP contribution is -2.20. The van der Waals surface area contributed by atoms with E-state index in [4.69, 9.17) is 4.74 Å². The van der Waals surface area contributed by atoms with Crippen LogP contribution in [0.15, 0.2) is 24.3 Å². The first-order valence-electron chi connectivity index (χ1n) is 7.69. The van der Waals surface area contributed by atoms with Crippen LogP contribution in [0.2, 0.25) is 0 Å². The van der Waals surface area contributed by atoms with E-state index < -0.39 is 0 Å². The quantitative estimate of drug-likeness (QED) is 0.572. The third kappa shape index (κ3) is 4.67. The van der Waals surface area contributed by atoms with Crippen LogP contribution in [0, 0.1) is 0 Å². The van der Waals surface area contributed by atoms with E-state index in [1.165, 1.54) is 12.8 Å². The second-order valence-corrected chi connectivity index (χ2v) is 5.37. The molecule has 1 aromatic rings. The van der Waals surface area contributed by atoms with Crippen LogP contribution in [-0.2, 0) is 16.1 Å². The third-order valence-electron chi connectivity index (χ3n) is 3.77. The maximum Gasteiger partial charge on any atom is 0.306 e. The Bertz CT molecular complexity index is 493. The fourth-order valence-electron chi connectivity index (χ4n) is 2.70. The second kappa shape index (κ2) is 7.93. The zero-order valence-electron chi connectivity index (χ0n) is 12.6. The zero-order valence-corrected chi connectivity index (χ0v) is 12.6. The van der Waals surface area contributed by atoms with E-state index in [0.717, 1.165) is 30.8 Å². The number of hydrogen-bond donors (Lipinski definition) is 0. The van der Waals surface area contributed by atoms with Crippen LogP contribution in [0.1, 0.15) is 48.5 Å². The zero-order chi connectivity index (χ0) is 15.1. The van der Waals surface area contributed by atoms with Crippen molar-refractivity contribution in [3.05, 3.63) is 35.4 Å². The maximum absolute atomic E-state index is 12.3. The van der Waals surface area contributed by atoms with E-state index in [2.05, 4.69) is 4.90 Å². The molecule has 4 nitrogen and oxygen atoms in total. The van der Waals surface area contributed by atoms with Gasteiger partial charge in [-0.2, -0.15) is 0 Å². The van der Waals surface area contributed by atoms with Crippen molar-refractivity contribution in [2.75, 3.05) is 19.7 Å². The molecule has 4 heteroatoms. The molecular formula is C17H23NO3. The average molecular weight is 289 g/mol. The molecule has 21 heavy (non-hydrogen) atoms. The highest BCUT2D eigenvalue weighted by Crippen LogP contribution is 2.18. The molecule has 1 heterocycles. The van der Waals surface area contributed by atoms with Gasteiger partial charge in [-0.25, -0.2) is 0 Å². The molecule has 0 aliphatic carbocycles. The lowest BCUT2D eigenvalue weighted by molar-refractivity contribution is -0.143. The molecule has 0 atom stereocenters. The molecule has 1 saturated heterocycles. The van der Waals surface area contributed by atoms with Crippen LogP contribution >= 0.6 is 0 Å². The van der Waals surface area contributed by atoms with Crippen molar-refractivity contribution in [2.45, 2.75) is 39.2 Å². The lowest BCUT2D eigenvalue weighted by atomic mass is 10.00. The first-order valence-corrected chi connectivity index (χ1v) is 7.69. The summed E-state index contributed by atoms with van der Waals surface area (Å²) in [5.74, 6) is -0.277. The van der Waals surface area contributed by atoms with Gasteiger partial charge in [-0.05, 0) is 38.4 Å². The van der Waals surface area contributed by atoms with E-state index in [0.29, 0.717) is 6.61 Å². The highest BCUT2D eigenvalue weighted by molar-refractivity contribution is 5.98. The Kier molecular flexibility index (Phi) is 5.93. The lowest BCUT2D eigenvalue weighted by Gasteiger charge is -2.17. The number of rotatable bonds is 7. The standard InChI is InChI=1S/C17H23NO3/c1-2-21-17(20)10-9-16(19)15-8-4-3-7-14(15)13-18-11-5-6-12-18/h3-4,7-8H,2,5-6,9-13H2,1H3. The number of carbonyl (C=O) groups is 2. The molecule has 1 fully saturated rings. The highest BCUT2D eigenvalue weighted by atomic mass is 16.5. The van der Waals surface area contributed by atoms with Crippen molar-refractivity contribution in [2.24, 2.45) is 0 Å². The smallest absolute Gasteiger partial charge is 0.306 e. The number of nitrogens with zero attached hydrogens (tertiary/aromatic N) is 1. The summed E-state index contributed by atoms with van der Waals surface area (Å²) in [6.45, 7) is 5.15. The van der Waals surface area contributed by atoms with Crippen LogP contribution < -0.4 is 0 Å². The largest absolute Gasteiger partial charge is 0.466 e. The SMILES string of the molecule is CCOC(=O)CCC(=O)c1ccccc1CN1CCCC1. The van der Waals surface area contributed by atoms with Crippen molar-refractivity contribution in [1.29, 1.82) is 0 Å². The van der Waals surface area contributed by atoms with Crippen molar-refractivity contribution in [3.8, 4) is 0 Å². The molecule has 0 aromatic heterocycles. The molecule has 0 spiro atoms. The predicted octanol–water partition coefficient (Wildman–Crippen LogP) is 2.81. The first-order chi connectivity index (χ1) is 10.2. The van der Waals surface area contributed by atoms with Crippen LogP contribution in [-0.4, -0.2) is 36.3 Å². The minimum Gasteiger partial charge on any atom is -0.466 e. The molecule has 0 bridgehead atoms. The van der Waals surface area contributed by atoms with Gasteiger partial charge in [0.2, 0.25) is 0 Å². The molecular weight excluding hydrogens is 266 g/mol. The van der Waals surface area contributed by atoms with Gasteiger partial charge in [0.1, 0.15) is 0 Å². The Labute approximate surface area is 126 Å². The third-order valence-corrected chi connectivity index (χ3v) is 3.77. The summed E-state index contributed by atoms with van der Waals surface area (Å²) in [5.41, 5.74) is 1.81. The fraction of sp³-hybridized carbons (Fsp3) is 0.529. The Hall–Kier alpha value is -1.68.